The Bertz CT molecular complexity index is 92.1. The van der Waals surface area contributed by atoms with Crippen LogP contribution in [0.5, 0.6) is 0 Å². The van der Waals surface area contributed by atoms with E-state index in [2.05, 4.69) is 18.2 Å². The van der Waals surface area contributed by atoms with Crippen molar-refractivity contribution in [2.75, 3.05) is 6.61 Å². The van der Waals surface area contributed by atoms with Gasteiger partial charge in [0.15, 0.2) is 0 Å². The van der Waals surface area contributed by atoms with Crippen LogP contribution in [0.4, 0.5) is 0 Å². The molecule has 0 aromatic heterocycles. The van der Waals surface area contributed by atoms with Crippen molar-refractivity contribution >= 4 is 5.97 Å². The van der Waals surface area contributed by atoms with E-state index in [1.54, 1.807) is 0 Å². The second kappa shape index (κ2) is 16.5. The summed E-state index contributed by atoms with van der Waals surface area (Å²) in [7, 11) is 0. The molecule has 65 valence electrons. The molecule has 0 saturated carbocycles. The van der Waals surface area contributed by atoms with Gasteiger partial charge in [0, 0.05) is 6.08 Å². The predicted octanol–water partition coefficient (Wildman–Crippen LogP) is 1.84. The van der Waals surface area contributed by atoms with Gasteiger partial charge in [-0.3, -0.25) is 0 Å². The molecule has 3 heteroatoms. The molecule has 0 aliphatic rings. The van der Waals surface area contributed by atoms with Gasteiger partial charge < -0.3 is 26.5 Å². The molecule has 0 atom stereocenters. The van der Waals surface area contributed by atoms with E-state index < -0.39 is 0 Å². The summed E-state index contributed by atoms with van der Waals surface area (Å²) in [4.78, 5) is 10.2. The van der Waals surface area contributed by atoms with Gasteiger partial charge in [0.25, 0.3) is 0 Å². The standard InChI is InChI=1S/C6H9O2.2CH3.Mo/c1-3-5-8-6(7)4-2;;;/h4H,1-3,5H2;2*1H3;/q3*-1;+3. The number of carbonyl (C=O) groups excluding carboxylic acids is 1. The molecule has 0 aromatic rings. The van der Waals surface area contributed by atoms with Gasteiger partial charge in [0.2, 0.25) is 0 Å². The fourth-order valence-electron chi connectivity index (χ4n) is 0.232. The summed E-state index contributed by atoms with van der Waals surface area (Å²) >= 11 is 0. The van der Waals surface area contributed by atoms with E-state index in [1.165, 1.54) is 0 Å². The maximum absolute atomic E-state index is 10.2. The largest absolute Gasteiger partial charge is 3.00 e. The van der Waals surface area contributed by atoms with Crippen molar-refractivity contribution in [3.8, 4) is 0 Å². The Morgan fingerprint density at radius 1 is 1.55 bits per heavy atom. The Morgan fingerprint density at radius 2 is 2.00 bits per heavy atom. The fraction of sp³-hybridized carbons (Fsp3) is 0.250. The molecule has 2 nitrogen and oxygen atoms in total. The molecule has 0 unspecified atom stereocenters. The first-order chi connectivity index (χ1) is 3.81. The molecule has 0 aromatic carbocycles. The van der Waals surface area contributed by atoms with Crippen molar-refractivity contribution in [3.63, 3.8) is 0 Å². The van der Waals surface area contributed by atoms with Crippen molar-refractivity contribution in [2.24, 2.45) is 0 Å². The predicted molar refractivity (Wildman–Crippen MR) is 44.0 cm³/mol. The van der Waals surface area contributed by atoms with Gasteiger partial charge in [-0.1, -0.05) is 6.58 Å². The van der Waals surface area contributed by atoms with E-state index in [4.69, 9.17) is 0 Å². The maximum atomic E-state index is 10.2. The quantitative estimate of drug-likeness (QED) is 0.325. The smallest absolute Gasteiger partial charge is 0.465 e. The zero-order valence-electron chi connectivity index (χ0n) is 7.13. The molecule has 0 fully saturated rings. The van der Waals surface area contributed by atoms with Crippen LogP contribution < -0.4 is 0 Å². The minimum atomic E-state index is -0.381. The van der Waals surface area contributed by atoms with Gasteiger partial charge in [-0.05, 0) is 0 Å². The van der Waals surface area contributed by atoms with Crippen LogP contribution in [-0.2, 0) is 30.6 Å². The number of carbonyl (C=O) groups is 1. The number of esters is 1. The molecule has 0 saturated heterocycles. The molecule has 0 amide bonds. The van der Waals surface area contributed by atoms with Crippen LogP contribution in [0.25, 0.3) is 0 Å². The van der Waals surface area contributed by atoms with Crippen molar-refractivity contribution in [3.05, 3.63) is 34.4 Å². The molecule has 0 spiro atoms. The van der Waals surface area contributed by atoms with Crippen LogP contribution in [0.1, 0.15) is 6.42 Å². The topological polar surface area (TPSA) is 26.3 Å². The summed E-state index contributed by atoms with van der Waals surface area (Å²) in [5, 5.41) is 0. The first kappa shape index (κ1) is 22.4. The molecular formula is C8H15MoO2. The first-order valence-electron chi connectivity index (χ1n) is 2.39. The molecule has 0 N–H and O–H groups in total. The minimum absolute atomic E-state index is 0. The average molecular weight is 239 g/mol. The van der Waals surface area contributed by atoms with Crippen molar-refractivity contribution in [1.29, 1.82) is 0 Å². The number of hydrogen-bond acceptors (Lipinski definition) is 2. The van der Waals surface area contributed by atoms with Crippen LogP contribution in [0.2, 0.25) is 0 Å². The summed E-state index contributed by atoms with van der Waals surface area (Å²) < 4.78 is 4.52. The van der Waals surface area contributed by atoms with E-state index >= 15 is 0 Å². The van der Waals surface area contributed by atoms with Gasteiger partial charge in [0.1, 0.15) is 0 Å². The Labute approximate surface area is 84.3 Å². The normalized spacial score (nSPS) is 5.91. The maximum Gasteiger partial charge on any atom is 3.00 e. The Balaban J connectivity index is -0.0000000817. The van der Waals surface area contributed by atoms with Gasteiger partial charge in [-0.15, -0.1) is 6.42 Å². The van der Waals surface area contributed by atoms with Crippen LogP contribution in [-0.4, -0.2) is 12.6 Å². The van der Waals surface area contributed by atoms with E-state index in [0.717, 1.165) is 6.08 Å². The third-order valence-corrected chi connectivity index (χ3v) is 0.555. The van der Waals surface area contributed by atoms with Gasteiger partial charge >= 0.3 is 27.0 Å². The Kier molecular flexibility index (Phi) is 33.6. The molecule has 0 bridgehead atoms. The van der Waals surface area contributed by atoms with Crippen molar-refractivity contribution in [1.82, 2.24) is 0 Å². The average Bonchev–Trinajstić information content (AvgIpc) is 1.83. The minimum Gasteiger partial charge on any atom is -0.465 e. The Morgan fingerprint density at radius 3 is 2.27 bits per heavy atom. The first-order valence-corrected chi connectivity index (χ1v) is 2.39. The summed E-state index contributed by atoms with van der Waals surface area (Å²) in [6, 6.07) is 0. The molecule has 0 aliphatic carbocycles. The van der Waals surface area contributed by atoms with Crippen molar-refractivity contribution < 1.29 is 30.6 Å². The summed E-state index contributed by atoms with van der Waals surface area (Å²) in [6.07, 6.45) is 1.75. The van der Waals surface area contributed by atoms with Gasteiger partial charge in [-0.2, -0.15) is 0 Å². The summed E-state index contributed by atoms with van der Waals surface area (Å²) in [5.41, 5.74) is 0. The van der Waals surface area contributed by atoms with Gasteiger partial charge in [0.05, 0.1) is 6.61 Å². The number of ether oxygens (including phenoxy) is 1. The molecule has 0 rings (SSSR count). The van der Waals surface area contributed by atoms with Gasteiger partial charge in [-0.25, -0.2) is 4.79 Å². The van der Waals surface area contributed by atoms with Crippen LogP contribution in [0.3, 0.4) is 0 Å². The van der Waals surface area contributed by atoms with E-state index in [9.17, 15) is 4.79 Å². The zero-order valence-corrected chi connectivity index (χ0v) is 9.14. The Hall–Kier alpha value is -0.102. The zero-order chi connectivity index (χ0) is 6.41. The molecule has 1 radical (unpaired) electrons. The van der Waals surface area contributed by atoms with Crippen LogP contribution in [0, 0.1) is 21.8 Å². The van der Waals surface area contributed by atoms with E-state index in [-0.39, 0.29) is 41.9 Å². The monoisotopic (exact) mass is 241 g/mol. The number of rotatable bonds is 3. The summed E-state index contributed by atoms with van der Waals surface area (Å²) in [5.74, 6) is -0.381. The number of hydrogen-bond donors (Lipinski definition) is 0. The third-order valence-electron chi connectivity index (χ3n) is 0.555. The van der Waals surface area contributed by atoms with E-state index in [0.29, 0.717) is 13.0 Å². The molecule has 11 heavy (non-hydrogen) atoms. The fourth-order valence-corrected chi connectivity index (χ4v) is 0.232. The molecular weight excluding hydrogens is 224 g/mol. The SMILES string of the molecule is C=CC(=O)OCC[CH2-].[CH3-].[CH3-].[Mo+3]. The summed E-state index contributed by atoms with van der Waals surface area (Å²) in [6.45, 7) is 7.08. The van der Waals surface area contributed by atoms with Crippen LogP contribution in [0.15, 0.2) is 12.7 Å². The molecule has 0 heterocycles. The van der Waals surface area contributed by atoms with Crippen LogP contribution >= 0.6 is 0 Å². The molecule has 0 aliphatic heterocycles. The van der Waals surface area contributed by atoms with E-state index in [1.807, 2.05) is 0 Å². The third kappa shape index (κ3) is 17.7. The second-order valence-corrected chi connectivity index (χ2v) is 1.23. The second-order valence-electron chi connectivity index (χ2n) is 1.23. The van der Waals surface area contributed by atoms with Crippen molar-refractivity contribution in [2.45, 2.75) is 6.42 Å².